The highest BCUT2D eigenvalue weighted by Gasteiger charge is 2.27. The van der Waals surface area contributed by atoms with Gasteiger partial charge in [-0.15, -0.1) is 0 Å². The fourth-order valence-corrected chi connectivity index (χ4v) is 3.23. The van der Waals surface area contributed by atoms with Crippen molar-refractivity contribution in [2.75, 3.05) is 6.54 Å². The third kappa shape index (κ3) is 4.03. The van der Waals surface area contributed by atoms with E-state index in [2.05, 4.69) is 66.7 Å². The molecule has 2 unspecified atom stereocenters. The zero-order chi connectivity index (χ0) is 18.7. The number of hydrogen-bond acceptors (Lipinski definition) is 3. The van der Waals surface area contributed by atoms with E-state index in [4.69, 9.17) is 0 Å². The first-order valence-corrected chi connectivity index (χ1v) is 8.94. The molecule has 0 amide bonds. The number of rotatable bonds is 6. The topological polar surface area (TPSA) is 50.1 Å². The second kappa shape index (κ2) is 7.44. The molecular formula is C22H27N3O. The Labute approximate surface area is 155 Å². The zero-order valence-electron chi connectivity index (χ0n) is 15.9. The van der Waals surface area contributed by atoms with Crippen LogP contribution >= 0.6 is 0 Å². The second-order valence-corrected chi connectivity index (χ2v) is 7.26. The van der Waals surface area contributed by atoms with E-state index in [9.17, 15) is 5.11 Å². The summed E-state index contributed by atoms with van der Waals surface area (Å²) < 4.78 is 1.71. The van der Waals surface area contributed by atoms with E-state index in [1.54, 1.807) is 10.9 Å². The van der Waals surface area contributed by atoms with Gasteiger partial charge in [0.2, 0.25) is 0 Å². The standard InChI is InChI=1S/C22H27N3O/c1-16-10-11-17(2)20(12-16)21(18-8-6-5-7-9-18)23-15-22(3,26)19-13-24-25(4)14-19/h5-14,21,23,26H,15H2,1-4H3. The lowest BCUT2D eigenvalue weighted by Crippen LogP contribution is -2.37. The van der Waals surface area contributed by atoms with Crippen molar-refractivity contribution in [2.24, 2.45) is 7.05 Å². The maximum absolute atomic E-state index is 10.9. The van der Waals surface area contributed by atoms with Crippen LogP contribution in [0.1, 0.15) is 40.8 Å². The number of aryl methyl sites for hydroxylation is 3. The molecule has 3 rings (SSSR count). The first kappa shape index (κ1) is 18.4. The Bertz CT molecular complexity index is 868. The molecule has 3 aromatic rings. The highest BCUT2D eigenvalue weighted by molar-refractivity contribution is 5.39. The van der Waals surface area contributed by atoms with Crippen LogP contribution in [-0.2, 0) is 12.6 Å². The monoisotopic (exact) mass is 349 g/mol. The van der Waals surface area contributed by atoms with E-state index >= 15 is 0 Å². The fourth-order valence-electron chi connectivity index (χ4n) is 3.23. The normalized spacial score (nSPS) is 14.8. The van der Waals surface area contributed by atoms with Crippen molar-refractivity contribution in [1.29, 1.82) is 0 Å². The van der Waals surface area contributed by atoms with Crippen LogP contribution in [0.25, 0.3) is 0 Å². The van der Waals surface area contributed by atoms with Crippen molar-refractivity contribution < 1.29 is 5.11 Å². The molecule has 0 aliphatic rings. The molecule has 26 heavy (non-hydrogen) atoms. The van der Waals surface area contributed by atoms with Gasteiger partial charge in [0.15, 0.2) is 0 Å². The van der Waals surface area contributed by atoms with Crippen LogP contribution in [0.2, 0.25) is 0 Å². The van der Waals surface area contributed by atoms with Crippen molar-refractivity contribution in [2.45, 2.75) is 32.4 Å². The zero-order valence-corrected chi connectivity index (χ0v) is 15.9. The maximum atomic E-state index is 10.9. The summed E-state index contributed by atoms with van der Waals surface area (Å²) in [4.78, 5) is 0. The molecule has 4 nitrogen and oxygen atoms in total. The number of hydrogen-bond donors (Lipinski definition) is 2. The summed E-state index contributed by atoms with van der Waals surface area (Å²) in [7, 11) is 1.86. The average Bonchev–Trinajstić information content (AvgIpc) is 3.06. The van der Waals surface area contributed by atoms with Crippen LogP contribution in [0.4, 0.5) is 0 Å². The van der Waals surface area contributed by atoms with E-state index in [0.717, 1.165) is 5.56 Å². The lowest BCUT2D eigenvalue weighted by atomic mass is 9.92. The summed E-state index contributed by atoms with van der Waals surface area (Å²) in [6.07, 6.45) is 3.58. The molecule has 1 aromatic heterocycles. The van der Waals surface area contributed by atoms with E-state index in [1.165, 1.54) is 22.3 Å². The smallest absolute Gasteiger partial charge is 0.102 e. The molecule has 136 valence electrons. The van der Waals surface area contributed by atoms with Crippen LogP contribution in [0.3, 0.4) is 0 Å². The molecule has 0 fully saturated rings. The Kier molecular flexibility index (Phi) is 5.25. The van der Waals surface area contributed by atoms with Crippen LogP contribution in [0.15, 0.2) is 60.9 Å². The molecule has 0 radical (unpaired) electrons. The Morgan fingerprint density at radius 1 is 1.15 bits per heavy atom. The minimum atomic E-state index is -1.00. The van der Waals surface area contributed by atoms with Gasteiger partial charge in [0.25, 0.3) is 0 Å². The second-order valence-electron chi connectivity index (χ2n) is 7.26. The number of benzene rings is 2. The molecule has 2 atom stereocenters. The van der Waals surface area contributed by atoms with Gasteiger partial charge in [0.1, 0.15) is 5.60 Å². The summed E-state index contributed by atoms with van der Waals surface area (Å²) in [6, 6.07) is 16.9. The molecule has 0 saturated carbocycles. The van der Waals surface area contributed by atoms with E-state index in [1.807, 2.05) is 26.2 Å². The van der Waals surface area contributed by atoms with Crippen molar-refractivity contribution in [3.05, 3.63) is 88.7 Å². The first-order chi connectivity index (χ1) is 12.4. The summed E-state index contributed by atoms with van der Waals surface area (Å²) in [5.41, 5.74) is 4.69. The van der Waals surface area contributed by atoms with Gasteiger partial charge in [-0.25, -0.2) is 0 Å². The highest BCUT2D eigenvalue weighted by Crippen LogP contribution is 2.28. The minimum Gasteiger partial charge on any atom is -0.384 e. The third-order valence-electron chi connectivity index (χ3n) is 4.86. The van der Waals surface area contributed by atoms with Crippen LogP contribution in [0, 0.1) is 13.8 Å². The third-order valence-corrected chi connectivity index (χ3v) is 4.86. The van der Waals surface area contributed by atoms with Gasteiger partial charge < -0.3 is 10.4 Å². The van der Waals surface area contributed by atoms with Crippen molar-refractivity contribution in [3.63, 3.8) is 0 Å². The van der Waals surface area contributed by atoms with Crippen LogP contribution < -0.4 is 5.32 Å². The molecule has 0 saturated heterocycles. The number of nitrogens with zero attached hydrogens (tertiary/aromatic N) is 2. The van der Waals surface area contributed by atoms with Gasteiger partial charge in [-0.2, -0.15) is 5.10 Å². The molecular weight excluding hydrogens is 322 g/mol. The Morgan fingerprint density at radius 3 is 2.54 bits per heavy atom. The van der Waals surface area contributed by atoms with Crippen LogP contribution in [-0.4, -0.2) is 21.4 Å². The Morgan fingerprint density at radius 2 is 1.88 bits per heavy atom. The van der Waals surface area contributed by atoms with Gasteiger partial charge in [-0.05, 0) is 37.5 Å². The molecule has 0 bridgehead atoms. The van der Waals surface area contributed by atoms with Crippen molar-refractivity contribution >= 4 is 0 Å². The van der Waals surface area contributed by atoms with Gasteiger partial charge in [-0.1, -0.05) is 54.1 Å². The molecule has 2 N–H and O–H groups in total. The molecule has 4 heteroatoms. The molecule has 0 aliphatic carbocycles. The molecule has 2 aromatic carbocycles. The first-order valence-electron chi connectivity index (χ1n) is 8.94. The summed E-state index contributed by atoms with van der Waals surface area (Å²) in [5, 5.41) is 18.7. The lowest BCUT2D eigenvalue weighted by Gasteiger charge is -2.28. The minimum absolute atomic E-state index is 0.0132. The predicted molar refractivity (Wildman–Crippen MR) is 105 cm³/mol. The van der Waals surface area contributed by atoms with Gasteiger partial charge in [0, 0.05) is 25.4 Å². The predicted octanol–water partition coefficient (Wildman–Crippen LogP) is 3.62. The van der Waals surface area contributed by atoms with Crippen LogP contribution in [0.5, 0.6) is 0 Å². The van der Waals surface area contributed by atoms with E-state index < -0.39 is 5.60 Å². The summed E-state index contributed by atoms with van der Waals surface area (Å²) >= 11 is 0. The molecule has 0 spiro atoms. The van der Waals surface area contributed by atoms with Gasteiger partial charge >= 0.3 is 0 Å². The molecule has 1 heterocycles. The van der Waals surface area contributed by atoms with Crippen molar-refractivity contribution in [3.8, 4) is 0 Å². The number of nitrogens with one attached hydrogen (secondary N) is 1. The largest absolute Gasteiger partial charge is 0.384 e. The fraction of sp³-hybridized carbons (Fsp3) is 0.318. The quantitative estimate of drug-likeness (QED) is 0.714. The van der Waals surface area contributed by atoms with Gasteiger partial charge in [0.05, 0.1) is 12.2 Å². The maximum Gasteiger partial charge on any atom is 0.102 e. The number of aliphatic hydroxyl groups is 1. The van der Waals surface area contributed by atoms with E-state index in [0.29, 0.717) is 6.54 Å². The lowest BCUT2D eigenvalue weighted by molar-refractivity contribution is 0.0549. The Balaban J connectivity index is 1.91. The summed E-state index contributed by atoms with van der Waals surface area (Å²) in [6.45, 7) is 6.48. The summed E-state index contributed by atoms with van der Waals surface area (Å²) in [5.74, 6) is 0. The van der Waals surface area contributed by atoms with Crippen molar-refractivity contribution in [1.82, 2.24) is 15.1 Å². The van der Waals surface area contributed by atoms with E-state index in [-0.39, 0.29) is 6.04 Å². The SMILES string of the molecule is Cc1ccc(C)c(C(NCC(C)(O)c2cnn(C)c2)c2ccccc2)c1. The van der Waals surface area contributed by atoms with Gasteiger partial charge in [-0.3, -0.25) is 4.68 Å². The highest BCUT2D eigenvalue weighted by atomic mass is 16.3. The molecule has 0 aliphatic heterocycles. The average molecular weight is 349 g/mol. The Hall–Kier alpha value is -2.43. The number of aromatic nitrogens is 2.